The predicted molar refractivity (Wildman–Crippen MR) is 41.4 cm³/mol. The molecule has 10 heavy (non-hydrogen) atoms. The van der Waals surface area contributed by atoms with Gasteiger partial charge in [-0.25, -0.2) is 4.79 Å². The number of carbonyl (C=O) groups is 1. The normalized spacial score (nSPS) is 11.9. The van der Waals surface area contributed by atoms with Gasteiger partial charge in [0.15, 0.2) is 0 Å². The zero-order valence-electron chi connectivity index (χ0n) is 4.48. The van der Waals surface area contributed by atoms with Gasteiger partial charge in [0.2, 0.25) is 10.1 Å². The second-order valence-electron chi connectivity index (χ2n) is 1.14. The molecule has 0 atom stereocenters. The lowest BCUT2D eigenvalue weighted by atomic mass is 10.8. The molecule has 6 heteroatoms. The largest absolute Gasteiger partial charge is 0.411 e. The number of alkyl halides is 2. The van der Waals surface area contributed by atoms with Gasteiger partial charge in [-0.2, -0.15) is 0 Å². The van der Waals surface area contributed by atoms with Crippen LogP contribution in [0.15, 0.2) is 10.8 Å². The van der Waals surface area contributed by atoms with E-state index in [9.17, 15) is 4.79 Å². The summed E-state index contributed by atoms with van der Waals surface area (Å²) in [5.41, 5.74) is 0.885. The van der Waals surface area contributed by atoms with Crippen LogP contribution < -0.4 is 0 Å². The monoisotopic (exact) mass is 222 g/mol. The number of hydrogen-bond acceptors (Lipinski definition) is 2. The lowest BCUT2D eigenvalue weighted by Gasteiger charge is -1.99. The Morgan fingerprint density at radius 3 is 2.30 bits per heavy atom. The summed E-state index contributed by atoms with van der Waals surface area (Å²) < 4.78 is 4.25. The molecule has 0 fully saturated rings. The molecule has 0 rings (SSSR count). The summed E-state index contributed by atoms with van der Waals surface area (Å²) >= 11 is 20.4. The quantitative estimate of drug-likeness (QED) is 0.409. The minimum Gasteiger partial charge on any atom is -0.411 e. The second kappa shape index (κ2) is 5.08. The summed E-state index contributed by atoms with van der Waals surface area (Å²) in [5.74, 6) is -0.856. The Hall–Kier alpha value is 0.370. The lowest BCUT2D eigenvalue weighted by molar-refractivity contribution is -0.136. The summed E-state index contributed by atoms with van der Waals surface area (Å²) in [6.45, 7) is 0. The van der Waals surface area contributed by atoms with Crippen molar-refractivity contribution < 1.29 is 9.53 Å². The SMILES string of the molecule is O=C(O/C(Cl)=C/Cl)C(Cl)Cl. The second-order valence-corrected chi connectivity index (χ2v) is 2.82. The van der Waals surface area contributed by atoms with E-state index in [0.717, 1.165) is 5.54 Å². The molecule has 0 heterocycles. The molecule has 0 spiro atoms. The molecule has 0 aliphatic carbocycles. The van der Waals surface area contributed by atoms with E-state index in [2.05, 4.69) is 4.74 Å². The molecule has 0 aliphatic rings. The minimum absolute atomic E-state index is 0.266. The van der Waals surface area contributed by atoms with Crippen LogP contribution in [-0.4, -0.2) is 10.8 Å². The highest BCUT2D eigenvalue weighted by Crippen LogP contribution is 2.11. The van der Waals surface area contributed by atoms with Gasteiger partial charge >= 0.3 is 5.97 Å². The van der Waals surface area contributed by atoms with Crippen LogP contribution in [0.2, 0.25) is 0 Å². The molecule has 0 aromatic heterocycles. The van der Waals surface area contributed by atoms with Gasteiger partial charge in [-0.1, -0.05) is 34.8 Å². The van der Waals surface area contributed by atoms with E-state index in [1.54, 1.807) is 0 Å². The van der Waals surface area contributed by atoms with Crippen LogP contribution in [0.5, 0.6) is 0 Å². The number of hydrogen-bond donors (Lipinski definition) is 0. The summed E-state index contributed by atoms with van der Waals surface area (Å²) in [4.78, 5) is 9.20. The Labute approximate surface area is 77.6 Å². The van der Waals surface area contributed by atoms with Crippen molar-refractivity contribution in [2.75, 3.05) is 0 Å². The fraction of sp³-hybridized carbons (Fsp3) is 0.250. The van der Waals surface area contributed by atoms with Crippen molar-refractivity contribution in [3.05, 3.63) is 10.8 Å². The Kier molecular flexibility index (Phi) is 5.27. The number of carbonyl (C=O) groups excluding carboxylic acids is 1. The average Bonchev–Trinajstić information content (AvgIpc) is 1.87. The molecule has 0 aliphatic heterocycles. The maximum atomic E-state index is 10.4. The Morgan fingerprint density at radius 1 is 1.50 bits per heavy atom. The van der Waals surface area contributed by atoms with Crippen LogP contribution >= 0.6 is 46.4 Å². The van der Waals surface area contributed by atoms with E-state index in [1.165, 1.54) is 0 Å². The van der Waals surface area contributed by atoms with Crippen molar-refractivity contribution in [2.24, 2.45) is 0 Å². The third-order valence-electron chi connectivity index (χ3n) is 0.462. The smallest absolute Gasteiger partial charge is 0.345 e. The van der Waals surface area contributed by atoms with Gasteiger partial charge in [-0.05, 0) is 11.6 Å². The van der Waals surface area contributed by atoms with E-state index in [-0.39, 0.29) is 5.22 Å². The first-order valence-corrected chi connectivity index (χ1v) is 3.72. The third-order valence-corrected chi connectivity index (χ3v) is 1.31. The molecule has 2 nitrogen and oxygen atoms in total. The van der Waals surface area contributed by atoms with E-state index >= 15 is 0 Å². The Balaban J connectivity index is 3.81. The van der Waals surface area contributed by atoms with Crippen LogP contribution in [0.4, 0.5) is 0 Å². The van der Waals surface area contributed by atoms with Crippen molar-refractivity contribution in [1.29, 1.82) is 0 Å². The fourth-order valence-corrected chi connectivity index (χ4v) is 0.373. The first kappa shape index (κ1) is 10.4. The van der Waals surface area contributed by atoms with E-state index < -0.39 is 10.8 Å². The lowest BCUT2D eigenvalue weighted by Crippen LogP contribution is -2.09. The Bertz CT molecular complexity index is 153. The number of halogens is 4. The number of ether oxygens (including phenoxy) is 1. The molecule has 0 bridgehead atoms. The van der Waals surface area contributed by atoms with Gasteiger partial charge in [0.1, 0.15) is 0 Å². The molecule has 0 aromatic rings. The van der Waals surface area contributed by atoms with Crippen molar-refractivity contribution >= 4 is 52.4 Å². The molecule has 58 valence electrons. The van der Waals surface area contributed by atoms with Gasteiger partial charge in [0, 0.05) is 0 Å². The molecule has 0 saturated heterocycles. The van der Waals surface area contributed by atoms with Gasteiger partial charge in [0.25, 0.3) is 0 Å². The van der Waals surface area contributed by atoms with Crippen molar-refractivity contribution in [2.45, 2.75) is 4.84 Å². The van der Waals surface area contributed by atoms with Crippen LogP contribution in [-0.2, 0) is 9.53 Å². The average molecular weight is 224 g/mol. The molecule has 0 N–H and O–H groups in total. The van der Waals surface area contributed by atoms with Crippen molar-refractivity contribution in [3.8, 4) is 0 Å². The predicted octanol–water partition coefficient (Wildman–Crippen LogP) is 2.61. The Morgan fingerprint density at radius 2 is 2.00 bits per heavy atom. The minimum atomic E-state index is -1.25. The number of esters is 1. The molecular weight excluding hydrogens is 222 g/mol. The first-order chi connectivity index (χ1) is 4.57. The summed E-state index contributed by atoms with van der Waals surface area (Å²) in [6, 6.07) is 0. The van der Waals surface area contributed by atoms with Gasteiger partial charge < -0.3 is 4.74 Å². The summed E-state index contributed by atoms with van der Waals surface area (Å²) in [6.07, 6.45) is 0. The maximum Gasteiger partial charge on any atom is 0.345 e. The van der Waals surface area contributed by atoms with Crippen molar-refractivity contribution in [1.82, 2.24) is 0 Å². The van der Waals surface area contributed by atoms with Gasteiger partial charge in [0.05, 0.1) is 5.54 Å². The number of rotatable bonds is 2. The topological polar surface area (TPSA) is 26.3 Å². The molecule has 0 saturated carbocycles. The molecule has 0 aromatic carbocycles. The molecule has 0 radical (unpaired) electrons. The summed E-state index contributed by atoms with van der Waals surface area (Å²) in [5, 5.41) is -0.266. The zero-order valence-corrected chi connectivity index (χ0v) is 7.51. The standard InChI is InChI=1S/C4H2Cl4O2/c5-1-2(6)10-4(9)3(7)8/h1,3H/b2-1+. The molecule has 0 amide bonds. The van der Waals surface area contributed by atoms with Gasteiger partial charge in [-0.15, -0.1) is 0 Å². The molecule has 0 unspecified atom stereocenters. The van der Waals surface area contributed by atoms with Crippen LogP contribution in [0.1, 0.15) is 0 Å². The summed E-state index contributed by atoms with van der Waals surface area (Å²) in [7, 11) is 0. The van der Waals surface area contributed by atoms with Crippen LogP contribution in [0, 0.1) is 0 Å². The fourth-order valence-electron chi connectivity index (χ4n) is 0.163. The zero-order chi connectivity index (χ0) is 8.15. The highest BCUT2D eigenvalue weighted by Gasteiger charge is 2.13. The van der Waals surface area contributed by atoms with Crippen LogP contribution in [0.3, 0.4) is 0 Å². The van der Waals surface area contributed by atoms with Gasteiger partial charge in [-0.3, -0.25) is 0 Å². The van der Waals surface area contributed by atoms with E-state index in [1.807, 2.05) is 0 Å². The van der Waals surface area contributed by atoms with E-state index in [4.69, 9.17) is 46.4 Å². The highest BCUT2D eigenvalue weighted by molar-refractivity contribution is 6.53. The first-order valence-electron chi connectivity index (χ1n) is 2.03. The highest BCUT2D eigenvalue weighted by atomic mass is 35.5. The third kappa shape index (κ3) is 4.23. The maximum absolute atomic E-state index is 10.4. The van der Waals surface area contributed by atoms with E-state index in [0.29, 0.717) is 0 Å². The van der Waals surface area contributed by atoms with Crippen LogP contribution in [0.25, 0.3) is 0 Å². The van der Waals surface area contributed by atoms with Crippen molar-refractivity contribution in [3.63, 3.8) is 0 Å². The molecular formula is C4H2Cl4O2.